The molecule has 3 heteroatoms. The Hall–Kier alpha value is 1.17. The van der Waals surface area contributed by atoms with Crippen LogP contribution in [-0.4, -0.2) is 29.6 Å². The summed E-state index contributed by atoms with van der Waals surface area (Å²) >= 11 is 3.76. The molecule has 106 valence electrons. The molecule has 0 bridgehead atoms. The van der Waals surface area contributed by atoms with Crippen molar-refractivity contribution in [2.75, 3.05) is 25.1 Å². The van der Waals surface area contributed by atoms with Crippen molar-refractivity contribution in [2.45, 2.75) is 65.7 Å². The fourth-order valence-corrected chi connectivity index (χ4v) is 2.95. The van der Waals surface area contributed by atoms with Gasteiger partial charge in [-0.3, -0.25) is 0 Å². The Bertz CT molecular complexity index is 145. The van der Waals surface area contributed by atoms with Crippen LogP contribution in [0.2, 0.25) is 0 Å². The minimum Gasteiger partial charge on any atom is -1.00 e. The molecule has 0 unspecified atom stereocenters. The highest BCUT2D eigenvalue weighted by atomic mass is 127. The molecule has 0 saturated carbocycles. The van der Waals surface area contributed by atoms with Crippen LogP contribution in [0.15, 0.2) is 0 Å². The highest BCUT2D eigenvalue weighted by molar-refractivity contribution is 9.09. The van der Waals surface area contributed by atoms with E-state index in [0.29, 0.717) is 0 Å². The molecule has 0 aromatic heterocycles. The maximum absolute atomic E-state index is 3.76. The molecule has 0 aliphatic carbocycles. The average Bonchev–Trinajstić information content (AvgIpc) is 2.32. The summed E-state index contributed by atoms with van der Waals surface area (Å²) in [6, 6.07) is 0. The molecule has 0 rings (SSSR count). The summed E-state index contributed by atoms with van der Waals surface area (Å²) in [5.41, 5.74) is 1.15. The van der Waals surface area contributed by atoms with E-state index in [1.54, 1.807) is 0 Å². The van der Waals surface area contributed by atoms with Gasteiger partial charge in [-0.2, -0.15) is 0 Å². The number of hydrogen-bond acceptors (Lipinski definition) is 0. The van der Waals surface area contributed by atoms with E-state index in [1.165, 1.54) is 69.1 Å². The van der Waals surface area contributed by atoms with Crippen molar-refractivity contribution < 1.29 is 28.5 Å². The number of quaternary nitrogens is 1. The molecule has 0 aromatic carbocycles. The lowest BCUT2D eigenvalue weighted by Crippen LogP contribution is -3.00. The number of halogens is 2. The molecule has 0 fully saturated rings. The first-order valence-electron chi connectivity index (χ1n) is 7.15. The van der Waals surface area contributed by atoms with Gasteiger partial charge in [0.1, 0.15) is 5.45 Å². The Morgan fingerprint density at radius 2 is 1.12 bits per heavy atom. The highest BCUT2D eigenvalue weighted by Gasteiger charge is 2.23. The van der Waals surface area contributed by atoms with Gasteiger partial charge in [-0.15, -0.1) is 0 Å². The molecule has 0 saturated heterocycles. The molecule has 0 N–H and O–H groups in total. The Morgan fingerprint density at radius 1 is 0.706 bits per heavy atom. The smallest absolute Gasteiger partial charge is 0.134 e. The number of alkyl halides is 1. The van der Waals surface area contributed by atoms with Crippen molar-refractivity contribution in [3.63, 3.8) is 0 Å². The van der Waals surface area contributed by atoms with Gasteiger partial charge in [-0.25, -0.2) is 0 Å². The van der Waals surface area contributed by atoms with E-state index in [-0.39, 0.29) is 24.0 Å². The van der Waals surface area contributed by atoms with Crippen molar-refractivity contribution in [3.8, 4) is 0 Å². The van der Waals surface area contributed by atoms with E-state index in [9.17, 15) is 0 Å². The first-order valence-corrected chi connectivity index (χ1v) is 8.27. The van der Waals surface area contributed by atoms with Crippen LogP contribution < -0.4 is 24.0 Å². The van der Waals surface area contributed by atoms with Gasteiger partial charge >= 0.3 is 0 Å². The van der Waals surface area contributed by atoms with Crippen molar-refractivity contribution in [3.05, 3.63) is 0 Å². The number of rotatable bonds is 11. The van der Waals surface area contributed by atoms with Crippen LogP contribution in [0, 0.1) is 0 Å². The van der Waals surface area contributed by atoms with Crippen LogP contribution in [0.25, 0.3) is 0 Å². The average molecular weight is 420 g/mol. The maximum Gasteiger partial charge on any atom is 0.134 e. The van der Waals surface area contributed by atoms with Crippen molar-refractivity contribution in [1.82, 2.24) is 0 Å². The third-order valence-corrected chi connectivity index (χ3v) is 4.53. The van der Waals surface area contributed by atoms with Crippen LogP contribution >= 0.6 is 15.9 Å². The standard InChI is InChI=1S/C14H31BrN.HI/c1-4-7-10-13-16(14-15,11-8-5-2)12-9-6-3;/h4-14H2,1-3H3;1H/q+1;/p-1. The van der Waals surface area contributed by atoms with E-state index >= 15 is 0 Å². The molecular formula is C14H31BrIN. The summed E-state index contributed by atoms with van der Waals surface area (Å²) in [4.78, 5) is 0. The Morgan fingerprint density at radius 3 is 1.47 bits per heavy atom. The van der Waals surface area contributed by atoms with Crippen LogP contribution in [0.3, 0.4) is 0 Å². The molecule has 0 aliphatic rings. The number of nitrogens with zero attached hydrogens (tertiary/aromatic N) is 1. The Labute approximate surface area is 134 Å². The normalized spacial score (nSPS) is 11.3. The van der Waals surface area contributed by atoms with Crippen LogP contribution in [0.1, 0.15) is 65.7 Å². The van der Waals surface area contributed by atoms with E-state index in [1.807, 2.05) is 0 Å². The van der Waals surface area contributed by atoms with Gasteiger partial charge in [0.05, 0.1) is 19.6 Å². The molecule has 17 heavy (non-hydrogen) atoms. The molecule has 1 nitrogen and oxygen atoms in total. The monoisotopic (exact) mass is 419 g/mol. The largest absolute Gasteiger partial charge is 1.00 e. The van der Waals surface area contributed by atoms with E-state index in [2.05, 4.69) is 36.7 Å². The second-order valence-corrected chi connectivity index (χ2v) is 5.55. The second-order valence-electron chi connectivity index (χ2n) is 5.05. The third kappa shape index (κ3) is 9.71. The molecule has 0 radical (unpaired) electrons. The molecular weight excluding hydrogens is 389 g/mol. The van der Waals surface area contributed by atoms with Gasteiger partial charge in [-0.1, -0.05) is 40.0 Å². The van der Waals surface area contributed by atoms with Crippen molar-refractivity contribution in [1.29, 1.82) is 0 Å². The van der Waals surface area contributed by atoms with Gasteiger partial charge in [0.15, 0.2) is 0 Å². The summed E-state index contributed by atoms with van der Waals surface area (Å²) < 4.78 is 1.31. The molecule has 0 spiro atoms. The van der Waals surface area contributed by atoms with E-state index in [4.69, 9.17) is 0 Å². The van der Waals surface area contributed by atoms with Gasteiger partial charge < -0.3 is 28.5 Å². The fourth-order valence-electron chi connectivity index (χ4n) is 2.20. The molecule has 0 atom stereocenters. The predicted octanol–water partition coefficient (Wildman–Crippen LogP) is 1.95. The van der Waals surface area contributed by atoms with Crippen LogP contribution in [-0.2, 0) is 0 Å². The zero-order valence-electron chi connectivity index (χ0n) is 12.0. The van der Waals surface area contributed by atoms with Crippen LogP contribution in [0.5, 0.6) is 0 Å². The first kappa shape index (κ1) is 20.5. The lowest BCUT2D eigenvalue weighted by Gasteiger charge is -2.37. The zero-order chi connectivity index (χ0) is 12.3. The zero-order valence-corrected chi connectivity index (χ0v) is 15.7. The van der Waals surface area contributed by atoms with E-state index < -0.39 is 0 Å². The molecule has 0 aromatic rings. The molecule has 0 amide bonds. The number of unbranched alkanes of at least 4 members (excludes halogenated alkanes) is 4. The fraction of sp³-hybridized carbons (Fsp3) is 1.00. The summed E-state index contributed by atoms with van der Waals surface area (Å²) in [6.07, 6.45) is 9.54. The van der Waals surface area contributed by atoms with Gasteiger partial charge in [0, 0.05) is 0 Å². The second kappa shape index (κ2) is 13.6. The predicted molar refractivity (Wildman–Crippen MR) is 78.0 cm³/mol. The van der Waals surface area contributed by atoms with Gasteiger partial charge in [0.25, 0.3) is 0 Å². The van der Waals surface area contributed by atoms with Crippen molar-refractivity contribution >= 4 is 15.9 Å². The lowest BCUT2D eigenvalue weighted by molar-refractivity contribution is -0.915. The van der Waals surface area contributed by atoms with Crippen LogP contribution in [0.4, 0.5) is 0 Å². The minimum absolute atomic E-state index is 0. The quantitative estimate of drug-likeness (QED) is 0.158. The van der Waals surface area contributed by atoms with Gasteiger partial charge in [-0.05, 0) is 41.6 Å². The highest BCUT2D eigenvalue weighted by Crippen LogP contribution is 2.17. The maximum atomic E-state index is 3.76. The van der Waals surface area contributed by atoms with Crippen molar-refractivity contribution in [2.24, 2.45) is 0 Å². The third-order valence-electron chi connectivity index (χ3n) is 3.46. The first-order chi connectivity index (χ1) is 7.74. The van der Waals surface area contributed by atoms with Gasteiger partial charge in [0.2, 0.25) is 0 Å². The Balaban J connectivity index is 0. The molecule has 0 heterocycles. The SMILES string of the molecule is CCCCC[N+](CBr)(CCCC)CCCC.[I-]. The number of hydrogen-bond donors (Lipinski definition) is 0. The summed E-state index contributed by atoms with van der Waals surface area (Å²) in [6.45, 7) is 11.0. The topological polar surface area (TPSA) is 0 Å². The van der Waals surface area contributed by atoms with E-state index in [0.717, 1.165) is 5.45 Å². The lowest BCUT2D eigenvalue weighted by atomic mass is 10.2. The minimum atomic E-state index is 0. The Kier molecular flexibility index (Phi) is 16.4. The summed E-state index contributed by atoms with van der Waals surface area (Å²) in [5.74, 6) is 0. The summed E-state index contributed by atoms with van der Waals surface area (Å²) in [7, 11) is 0. The summed E-state index contributed by atoms with van der Waals surface area (Å²) in [5, 5.41) is 0. The molecule has 0 aliphatic heterocycles.